The molecule has 1 amide bonds. The standard InChI is InChI=1S/C12H10N2O.C4H9NO/c1-7-12-10(4-5-13-7)9-3-2-8(15)6-11(9)14-12;1-2-3-4(5)6/h2-6,13-14H,1H3;2-3H2,1H3,(H2,5,6). The second-order valence-electron chi connectivity index (χ2n) is 4.94. The lowest BCUT2D eigenvalue weighted by Crippen LogP contribution is -2.08. The van der Waals surface area contributed by atoms with E-state index in [1.165, 1.54) is 0 Å². The van der Waals surface area contributed by atoms with Crippen molar-refractivity contribution in [1.82, 2.24) is 9.97 Å². The van der Waals surface area contributed by atoms with Crippen molar-refractivity contribution in [1.29, 1.82) is 0 Å². The van der Waals surface area contributed by atoms with E-state index in [2.05, 4.69) is 9.97 Å². The van der Waals surface area contributed by atoms with Crippen molar-refractivity contribution in [2.75, 3.05) is 0 Å². The average Bonchev–Trinajstić information content (AvgIpc) is 2.78. The topological polar surface area (TPSA) is 91.7 Å². The lowest BCUT2D eigenvalue weighted by Gasteiger charge is -1.94. The Morgan fingerprint density at radius 1 is 1.24 bits per heavy atom. The molecule has 4 N–H and O–H groups in total. The number of rotatable bonds is 2. The Bertz CT molecular complexity index is 830. The van der Waals surface area contributed by atoms with Gasteiger partial charge in [-0.25, -0.2) is 0 Å². The van der Waals surface area contributed by atoms with Crippen molar-refractivity contribution in [3.05, 3.63) is 46.4 Å². The molecule has 5 heteroatoms. The van der Waals surface area contributed by atoms with Crippen molar-refractivity contribution in [3.63, 3.8) is 0 Å². The molecule has 3 rings (SSSR count). The van der Waals surface area contributed by atoms with Crippen LogP contribution in [0.2, 0.25) is 0 Å². The van der Waals surface area contributed by atoms with Gasteiger partial charge in [-0.15, -0.1) is 0 Å². The van der Waals surface area contributed by atoms with Gasteiger partial charge in [-0.2, -0.15) is 0 Å². The quantitative estimate of drug-likeness (QED) is 0.675. The highest BCUT2D eigenvalue weighted by atomic mass is 16.1. The zero-order valence-electron chi connectivity index (χ0n) is 12.2. The Labute approximate surface area is 122 Å². The van der Waals surface area contributed by atoms with Crippen LogP contribution in [-0.2, 0) is 4.79 Å². The molecule has 2 heterocycles. The van der Waals surface area contributed by atoms with E-state index in [4.69, 9.17) is 5.73 Å². The Kier molecular flexibility index (Phi) is 4.42. The molecule has 110 valence electrons. The summed E-state index contributed by atoms with van der Waals surface area (Å²) >= 11 is 0. The van der Waals surface area contributed by atoms with Gasteiger partial charge in [0.05, 0.1) is 11.0 Å². The van der Waals surface area contributed by atoms with Gasteiger partial charge in [0.1, 0.15) is 0 Å². The van der Waals surface area contributed by atoms with Gasteiger partial charge < -0.3 is 15.7 Å². The highest BCUT2D eigenvalue weighted by Gasteiger charge is 2.05. The number of pyridine rings is 1. The summed E-state index contributed by atoms with van der Waals surface area (Å²) in [7, 11) is 0. The van der Waals surface area contributed by atoms with Gasteiger partial charge in [-0.05, 0) is 31.5 Å². The molecule has 1 aromatic carbocycles. The Hall–Kier alpha value is -2.56. The molecular formula is C16H19N3O2. The van der Waals surface area contributed by atoms with Crippen molar-refractivity contribution < 1.29 is 4.79 Å². The monoisotopic (exact) mass is 285 g/mol. The number of nitrogens with one attached hydrogen (secondary N) is 2. The lowest BCUT2D eigenvalue weighted by molar-refractivity contribution is -0.118. The first-order valence-corrected chi connectivity index (χ1v) is 6.91. The van der Waals surface area contributed by atoms with Crippen LogP contribution >= 0.6 is 0 Å². The fraction of sp³-hybridized carbons (Fsp3) is 0.250. The van der Waals surface area contributed by atoms with E-state index in [-0.39, 0.29) is 11.3 Å². The maximum Gasteiger partial charge on any atom is 0.217 e. The summed E-state index contributed by atoms with van der Waals surface area (Å²) in [6.45, 7) is 3.93. The van der Waals surface area contributed by atoms with Crippen molar-refractivity contribution in [3.8, 4) is 0 Å². The Balaban J connectivity index is 0.000000232. The van der Waals surface area contributed by atoms with Crippen LogP contribution in [0.5, 0.6) is 0 Å². The largest absolute Gasteiger partial charge is 0.370 e. The molecule has 5 nitrogen and oxygen atoms in total. The number of carbonyl (C=O) groups is 1. The summed E-state index contributed by atoms with van der Waals surface area (Å²) in [6, 6.07) is 7.12. The van der Waals surface area contributed by atoms with E-state index in [9.17, 15) is 9.59 Å². The van der Waals surface area contributed by atoms with E-state index in [0.29, 0.717) is 6.42 Å². The molecule has 0 aliphatic carbocycles. The second kappa shape index (κ2) is 6.26. The number of carbonyl (C=O) groups excluding carboxylic acids is 1. The van der Waals surface area contributed by atoms with Gasteiger partial charge in [0.15, 0.2) is 5.43 Å². The van der Waals surface area contributed by atoms with Gasteiger partial charge in [0, 0.05) is 35.2 Å². The molecule has 0 saturated carbocycles. The number of amides is 1. The number of aromatic amines is 2. The van der Waals surface area contributed by atoms with Crippen LogP contribution in [0, 0.1) is 6.92 Å². The molecule has 0 aliphatic heterocycles. The number of fused-ring (bicyclic) bond motifs is 3. The summed E-state index contributed by atoms with van der Waals surface area (Å²) in [6.07, 6.45) is 3.28. The molecule has 0 unspecified atom stereocenters. The minimum atomic E-state index is -0.211. The SMILES string of the molecule is CCCC(N)=O.Cc1[nH]ccc2c1[nH]c1cc(=O)ccc12. The number of primary amides is 1. The highest BCUT2D eigenvalue weighted by Crippen LogP contribution is 2.24. The maximum absolute atomic E-state index is 11.2. The average molecular weight is 285 g/mol. The molecule has 0 aliphatic rings. The van der Waals surface area contributed by atoms with Crippen LogP contribution < -0.4 is 11.2 Å². The number of nitrogens with two attached hydrogens (primary N) is 1. The number of benzene rings is 1. The number of aryl methyl sites for hydroxylation is 1. The summed E-state index contributed by atoms with van der Waals surface area (Å²) in [5.74, 6) is -0.211. The van der Waals surface area contributed by atoms with Crippen LogP contribution in [0.4, 0.5) is 0 Å². The molecule has 0 fully saturated rings. The fourth-order valence-corrected chi connectivity index (χ4v) is 2.24. The summed E-state index contributed by atoms with van der Waals surface area (Å²) in [5, 5.41) is 2.25. The number of hydrogen-bond donors (Lipinski definition) is 3. The zero-order valence-corrected chi connectivity index (χ0v) is 12.2. The van der Waals surface area contributed by atoms with Gasteiger partial charge in [-0.3, -0.25) is 9.59 Å². The van der Waals surface area contributed by atoms with Crippen molar-refractivity contribution in [2.24, 2.45) is 5.73 Å². The van der Waals surface area contributed by atoms with E-state index in [0.717, 1.165) is 33.9 Å². The molecule has 0 radical (unpaired) electrons. The third-order valence-corrected chi connectivity index (χ3v) is 3.23. The van der Waals surface area contributed by atoms with Crippen LogP contribution in [-0.4, -0.2) is 15.9 Å². The Morgan fingerprint density at radius 3 is 2.62 bits per heavy atom. The minimum Gasteiger partial charge on any atom is -0.370 e. The van der Waals surface area contributed by atoms with Crippen molar-refractivity contribution >= 4 is 27.7 Å². The first-order valence-electron chi connectivity index (χ1n) is 6.91. The third-order valence-electron chi connectivity index (χ3n) is 3.23. The molecule has 0 saturated heterocycles. The third kappa shape index (κ3) is 3.31. The van der Waals surface area contributed by atoms with Crippen LogP contribution in [0.25, 0.3) is 21.8 Å². The lowest BCUT2D eigenvalue weighted by atomic mass is 10.2. The predicted molar refractivity (Wildman–Crippen MR) is 85.3 cm³/mol. The molecule has 21 heavy (non-hydrogen) atoms. The first-order chi connectivity index (χ1) is 10.0. The summed E-state index contributed by atoms with van der Waals surface area (Å²) < 4.78 is 0. The second-order valence-corrected chi connectivity index (χ2v) is 4.94. The van der Waals surface area contributed by atoms with Gasteiger partial charge in [-0.1, -0.05) is 6.92 Å². The van der Waals surface area contributed by atoms with Crippen LogP contribution in [0.3, 0.4) is 0 Å². The fourth-order valence-electron chi connectivity index (χ4n) is 2.24. The molecular weight excluding hydrogens is 266 g/mol. The minimum absolute atomic E-state index is 0.0377. The molecule has 2 aromatic heterocycles. The van der Waals surface area contributed by atoms with Crippen molar-refractivity contribution in [2.45, 2.75) is 26.7 Å². The van der Waals surface area contributed by atoms with Gasteiger partial charge in [0.2, 0.25) is 5.91 Å². The summed E-state index contributed by atoms with van der Waals surface area (Å²) in [5.41, 5.74) is 7.85. The number of H-pyrrole nitrogens is 2. The van der Waals surface area contributed by atoms with E-state index >= 15 is 0 Å². The smallest absolute Gasteiger partial charge is 0.217 e. The van der Waals surface area contributed by atoms with E-state index < -0.39 is 0 Å². The van der Waals surface area contributed by atoms with Gasteiger partial charge in [0.25, 0.3) is 0 Å². The molecule has 3 aromatic rings. The molecule has 0 spiro atoms. The normalized spacial score (nSPS) is 10.4. The van der Waals surface area contributed by atoms with E-state index in [1.807, 2.05) is 32.2 Å². The van der Waals surface area contributed by atoms with Crippen LogP contribution in [0.1, 0.15) is 25.5 Å². The number of hydrogen-bond acceptors (Lipinski definition) is 2. The number of aromatic nitrogens is 2. The summed E-state index contributed by atoms with van der Waals surface area (Å²) in [4.78, 5) is 27.4. The van der Waals surface area contributed by atoms with E-state index in [1.54, 1.807) is 12.1 Å². The molecule has 0 atom stereocenters. The predicted octanol–water partition coefficient (Wildman–Crippen LogP) is 2.59. The van der Waals surface area contributed by atoms with Crippen LogP contribution in [0.15, 0.2) is 35.3 Å². The molecule has 0 bridgehead atoms. The highest BCUT2D eigenvalue weighted by molar-refractivity contribution is 6.07. The maximum atomic E-state index is 11.2. The zero-order chi connectivity index (χ0) is 15.4. The first kappa shape index (κ1) is 14.8. The van der Waals surface area contributed by atoms with Gasteiger partial charge >= 0.3 is 0 Å². The Morgan fingerprint density at radius 2 is 2.00 bits per heavy atom.